The molecule has 3 aliphatic heterocycles. The van der Waals surface area contributed by atoms with E-state index in [0.29, 0.717) is 43.9 Å². The maximum absolute atomic E-state index is 13.2. The monoisotopic (exact) mass is 576 g/mol. The summed E-state index contributed by atoms with van der Waals surface area (Å²) in [6, 6.07) is 8.72. The predicted octanol–water partition coefficient (Wildman–Crippen LogP) is 2.98. The SMILES string of the molecule is CC(C)(C)OC(=O)N1CC2CC1CN2C(=O)CN1CCCC(NS(=O)(=O)c2ccc3cc(Cl)ccc3c2)C1=O. The van der Waals surface area contributed by atoms with Crippen molar-refractivity contribution in [1.29, 1.82) is 0 Å². The Hall–Kier alpha value is -2.89. The molecule has 3 amide bonds. The van der Waals surface area contributed by atoms with Gasteiger partial charge in [0, 0.05) is 24.7 Å². The zero-order chi connectivity index (χ0) is 28.1. The first kappa shape index (κ1) is 27.7. The highest BCUT2D eigenvalue weighted by Gasteiger charge is 2.48. The highest BCUT2D eigenvalue weighted by molar-refractivity contribution is 7.89. The minimum Gasteiger partial charge on any atom is -0.444 e. The van der Waals surface area contributed by atoms with Crippen LogP contribution in [0.25, 0.3) is 10.8 Å². The van der Waals surface area contributed by atoms with E-state index in [0.717, 1.165) is 10.8 Å². The molecule has 10 nitrogen and oxygen atoms in total. The summed E-state index contributed by atoms with van der Waals surface area (Å²) in [4.78, 5) is 43.8. The van der Waals surface area contributed by atoms with Crippen LogP contribution < -0.4 is 4.72 Å². The number of fused-ring (bicyclic) bond motifs is 3. The molecule has 3 fully saturated rings. The first-order valence-electron chi connectivity index (χ1n) is 13.1. The van der Waals surface area contributed by atoms with Crippen LogP contribution in [0.1, 0.15) is 40.0 Å². The van der Waals surface area contributed by atoms with Crippen molar-refractivity contribution in [3.63, 3.8) is 0 Å². The molecule has 0 aromatic heterocycles. The number of carbonyl (C=O) groups is 3. The fourth-order valence-corrected chi connectivity index (χ4v) is 7.03. The average Bonchev–Trinajstić information content (AvgIpc) is 3.46. The van der Waals surface area contributed by atoms with Crippen molar-refractivity contribution in [1.82, 2.24) is 19.4 Å². The van der Waals surface area contributed by atoms with Crippen LogP contribution in [-0.4, -0.2) is 90.9 Å². The second-order valence-corrected chi connectivity index (χ2v) is 13.6. The van der Waals surface area contributed by atoms with Crippen LogP contribution in [0.4, 0.5) is 4.79 Å². The van der Waals surface area contributed by atoms with Gasteiger partial charge >= 0.3 is 6.09 Å². The summed E-state index contributed by atoms with van der Waals surface area (Å²) in [5.74, 6) is -0.609. The van der Waals surface area contributed by atoms with Crippen molar-refractivity contribution < 1.29 is 27.5 Å². The molecule has 12 heteroatoms. The fourth-order valence-electron chi connectivity index (χ4n) is 5.59. The van der Waals surface area contributed by atoms with E-state index in [1.807, 2.05) is 20.8 Å². The van der Waals surface area contributed by atoms with E-state index in [9.17, 15) is 22.8 Å². The zero-order valence-electron chi connectivity index (χ0n) is 22.2. The number of hydrogen-bond donors (Lipinski definition) is 1. The molecule has 2 bridgehead atoms. The lowest BCUT2D eigenvalue weighted by Gasteiger charge is -2.37. The Balaban J connectivity index is 1.20. The van der Waals surface area contributed by atoms with Crippen LogP contribution in [0, 0.1) is 0 Å². The van der Waals surface area contributed by atoms with Gasteiger partial charge in [-0.05, 0) is 75.1 Å². The van der Waals surface area contributed by atoms with Crippen molar-refractivity contribution in [3.05, 3.63) is 41.4 Å². The molecule has 210 valence electrons. The van der Waals surface area contributed by atoms with E-state index in [1.54, 1.807) is 40.1 Å². The number of carbonyl (C=O) groups excluding carboxylic acids is 3. The fraction of sp³-hybridized carbons (Fsp3) is 0.519. The van der Waals surface area contributed by atoms with E-state index in [-0.39, 0.29) is 35.5 Å². The molecule has 3 atom stereocenters. The molecule has 0 aliphatic carbocycles. The number of ether oxygens (including phenoxy) is 1. The quantitative estimate of drug-likeness (QED) is 0.585. The molecule has 1 N–H and O–H groups in total. The molecule has 0 saturated carbocycles. The Morgan fingerprint density at radius 1 is 1.05 bits per heavy atom. The number of halogens is 1. The number of nitrogens with zero attached hydrogens (tertiary/aromatic N) is 3. The minimum atomic E-state index is -3.97. The van der Waals surface area contributed by atoms with Crippen molar-refractivity contribution >= 4 is 50.3 Å². The Kier molecular flexibility index (Phi) is 7.28. The number of sulfonamides is 1. The number of amides is 3. The van der Waals surface area contributed by atoms with Gasteiger partial charge in [0.2, 0.25) is 21.8 Å². The molecule has 0 radical (unpaired) electrons. The lowest BCUT2D eigenvalue weighted by atomic mass is 10.1. The summed E-state index contributed by atoms with van der Waals surface area (Å²) in [6.07, 6.45) is 1.23. The van der Waals surface area contributed by atoms with Crippen molar-refractivity contribution in [2.45, 2.75) is 68.7 Å². The number of likely N-dealkylation sites (tertiary alicyclic amines) is 3. The van der Waals surface area contributed by atoms with Gasteiger partial charge in [0.15, 0.2) is 0 Å². The molecular weight excluding hydrogens is 544 g/mol. The van der Waals surface area contributed by atoms with Crippen molar-refractivity contribution in [2.24, 2.45) is 0 Å². The molecule has 3 aliphatic rings. The predicted molar refractivity (Wildman–Crippen MR) is 146 cm³/mol. The van der Waals surface area contributed by atoms with Crippen LogP contribution in [0.5, 0.6) is 0 Å². The average molecular weight is 577 g/mol. The number of piperazine rings is 1. The normalized spacial score (nSPS) is 23.5. The molecule has 39 heavy (non-hydrogen) atoms. The number of nitrogens with one attached hydrogen (secondary N) is 1. The van der Waals surface area contributed by atoms with Crippen molar-refractivity contribution in [3.8, 4) is 0 Å². The number of benzene rings is 2. The lowest BCUT2D eigenvalue weighted by molar-refractivity contribution is -0.144. The van der Waals surface area contributed by atoms with E-state index in [1.165, 1.54) is 11.0 Å². The summed E-state index contributed by atoms with van der Waals surface area (Å²) in [7, 11) is -3.97. The second kappa shape index (κ2) is 10.3. The largest absolute Gasteiger partial charge is 0.444 e. The topological polar surface area (TPSA) is 116 Å². The van der Waals surface area contributed by atoms with Gasteiger partial charge in [0.1, 0.15) is 11.6 Å². The third-order valence-corrected chi connectivity index (χ3v) is 9.13. The van der Waals surface area contributed by atoms with Crippen LogP contribution in [0.15, 0.2) is 41.3 Å². The minimum absolute atomic E-state index is 0.0564. The first-order valence-corrected chi connectivity index (χ1v) is 15.0. The smallest absolute Gasteiger partial charge is 0.410 e. The maximum Gasteiger partial charge on any atom is 0.410 e. The third kappa shape index (κ3) is 5.85. The van der Waals surface area contributed by atoms with E-state index < -0.39 is 27.6 Å². The Morgan fingerprint density at radius 2 is 1.72 bits per heavy atom. The lowest BCUT2D eigenvalue weighted by Crippen LogP contribution is -2.57. The van der Waals surface area contributed by atoms with Gasteiger partial charge in [-0.1, -0.05) is 23.7 Å². The van der Waals surface area contributed by atoms with Gasteiger partial charge < -0.3 is 19.4 Å². The standard InChI is InChI=1S/C27H33ClN4O6S/c1-27(2,3)38-26(35)32-15-20-13-21(32)14-31(20)24(33)16-30-10-4-5-23(25(30)34)29-39(36,37)22-9-7-17-11-19(28)8-6-18(17)12-22/h6-9,11-12,20-21,23,29H,4-5,10,13-16H2,1-3H3. The molecule has 2 aromatic rings. The van der Waals surface area contributed by atoms with Crippen LogP contribution in [0.3, 0.4) is 0 Å². The van der Waals surface area contributed by atoms with Gasteiger partial charge in [0.25, 0.3) is 0 Å². The molecule has 5 rings (SSSR count). The summed E-state index contributed by atoms with van der Waals surface area (Å²) in [6.45, 7) is 6.51. The summed E-state index contributed by atoms with van der Waals surface area (Å²) in [5, 5.41) is 2.08. The Bertz CT molecular complexity index is 1430. The van der Waals surface area contributed by atoms with Crippen LogP contribution >= 0.6 is 11.6 Å². The van der Waals surface area contributed by atoms with Gasteiger partial charge in [0.05, 0.1) is 23.5 Å². The number of piperidine rings is 1. The van der Waals surface area contributed by atoms with Crippen molar-refractivity contribution in [2.75, 3.05) is 26.2 Å². The molecular formula is C27H33ClN4O6S. The summed E-state index contributed by atoms with van der Waals surface area (Å²) in [5.41, 5.74) is -0.594. The number of rotatable bonds is 5. The van der Waals surface area contributed by atoms with Gasteiger partial charge in [-0.15, -0.1) is 0 Å². The van der Waals surface area contributed by atoms with Gasteiger partial charge in [-0.2, -0.15) is 4.72 Å². The van der Waals surface area contributed by atoms with E-state index >= 15 is 0 Å². The van der Waals surface area contributed by atoms with E-state index in [4.69, 9.17) is 16.3 Å². The zero-order valence-corrected chi connectivity index (χ0v) is 23.8. The number of hydrogen-bond acceptors (Lipinski definition) is 6. The summed E-state index contributed by atoms with van der Waals surface area (Å²) >= 11 is 6.02. The van der Waals surface area contributed by atoms with E-state index in [2.05, 4.69) is 4.72 Å². The molecule has 2 aromatic carbocycles. The maximum atomic E-state index is 13.2. The van der Waals surface area contributed by atoms with Gasteiger partial charge in [-0.25, -0.2) is 13.2 Å². The molecule has 3 saturated heterocycles. The molecule has 0 spiro atoms. The second-order valence-electron chi connectivity index (χ2n) is 11.5. The first-order chi connectivity index (χ1) is 18.3. The van der Waals surface area contributed by atoms with Crippen LogP contribution in [-0.2, 0) is 24.3 Å². The Labute approximate surface area is 233 Å². The Morgan fingerprint density at radius 3 is 2.41 bits per heavy atom. The van der Waals surface area contributed by atoms with Gasteiger partial charge in [-0.3, -0.25) is 9.59 Å². The van der Waals surface area contributed by atoms with Crippen LogP contribution in [0.2, 0.25) is 5.02 Å². The molecule has 3 unspecified atom stereocenters. The highest BCUT2D eigenvalue weighted by atomic mass is 35.5. The highest BCUT2D eigenvalue weighted by Crippen LogP contribution is 2.32. The summed E-state index contributed by atoms with van der Waals surface area (Å²) < 4.78 is 34.3. The third-order valence-electron chi connectivity index (χ3n) is 7.43. The molecule has 3 heterocycles.